The maximum absolute atomic E-state index is 5.97. The lowest BCUT2D eigenvalue weighted by molar-refractivity contribution is 0.218. The molecule has 0 saturated heterocycles. The van der Waals surface area contributed by atoms with Gasteiger partial charge in [-0.1, -0.05) is 36.4 Å². The SMILES string of the molecule is COc1ccc(/C=C/C2NC=C(c3cccc(NC4=CC=CCN4)n3)O2)cc1. The van der Waals surface area contributed by atoms with Gasteiger partial charge in [0.05, 0.1) is 7.11 Å². The van der Waals surface area contributed by atoms with Crippen molar-refractivity contribution in [1.82, 2.24) is 15.6 Å². The smallest absolute Gasteiger partial charge is 0.189 e. The summed E-state index contributed by atoms with van der Waals surface area (Å²) in [6.07, 6.45) is 11.6. The predicted molar refractivity (Wildman–Crippen MR) is 111 cm³/mol. The zero-order valence-corrected chi connectivity index (χ0v) is 15.6. The van der Waals surface area contributed by atoms with Crippen molar-refractivity contribution in [2.75, 3.05) is 19.0 Å². The summed E-state index contributed by atoms with van der Waals surface area (Å²) in [5.41, 5.74) is 1.84. The van der Waals surface area contributed by atoms with E-state index in [4.69, 9.17) is 9.47 Å². The van der Waals surface area contributed by atoms with Crippen LogP contribution in [0.3, 0.4) is 0 Å². The lowest BCUT2D eigenvalue weighted by Gasteiger charge is -2.14. The molecule has 0 spiro atoms. The Morgan fingerprint density at radius 1 is 1.21 bits per heavy atom. The van der Waals surface area contributed by atoms with Crippen molar-refractivity contribution in [3.8, 4) is 5.75 Å². The molecule has 6 nitrogen and oxygen atoms in total. The largest absolute Gasteiger partial charge is 0.497 e. The van der Waals surface area contributed by atoms with E-state index in [0.717, 1.165) is 35.2 Å². The number of anilines is 1. The van der Waals surface area contributed by atoms with Gasteiger partial charge in [0.2, 0.25) is 0 Å². The molecule has 3 N–H and O–H groups in total. The Morgan fingerprint density at radius 2 is 2.11 bits per heavy atom. The van der Waals surface area contributed by atoms with E-state index >= 15 is 0 Å². The molecule has 2 aliphatic rings. The van der Waals surface area contributed by atoms with Gasteiger partial charge in [-0.2, -0.15) is 0 Å². The average Bonchev–Trinajstić information content (AvgIpc) is 3.23. The van der Waals surface area contributed by atoms with Crippen molar-refractivity contribution < 1.29 is 9.47 Å². The first-order valence-corrected chi connectivity index (χ1v) is 9.10. The highest BCUT2D eigenvalue weighted by Gasteiger charge is 2.17. The van der Waals surface area contributed by atoms with Crippen molar-refractivity contribution in [2.45, 2.75) is 6.23 Å². The summed E-state index contributed by atoms with van der Waals surface area (Å²) in [7, 11) is 1.66. The van der Waals surface area contributed by atoms with Gasteiger partial charge in [-0.25, -0.2) is 4.98 Å². The molecule has 0 fully saturated rings. The summed E-state index contributed by atoms with van der Waals surface area (Å²) in [5, 5.41) is 9.73. The zero-order chi connectivity index (χ0) is 19.2. The van der Waals surface area contributed by atoms with Crippen LogP contribution in [0.1, 0.15) is 11.3 Å². The van der Waals surface area contributed by atoms with Crippen LogP contribution in [0.4, 0.5) is 5.82 Å². The van der Waals surface area contributed by atoms with Crippen molar-refractivity contribution in [3.63, 3.8) is 0 Å². The van der Waals surface area contributed by atoms with E-state index in [1.807, 2.05) is 73.0 Å². The minimum Gasteiger partial charge on any atom is -0.497 e. The number of allylic oxidation sites excluding steroid dienone is 2. The van der Waals surface area contributed by atoms with Crippen LogP contribution in [-0.2, 0) is 4.74 Å². The van der Waals surface area contributed by atoms with Gasteiger partial charge in [0.25, 0.3) is 0 Å². The quantitative estimate of drug-likeness (QED) is 0.720. The van der Waals surface area contributed by atoms with Crippen molar-refractivity contribution in [1.29, 1.82) is 0 Å². The molecule has 2 aromatic rings. The molecule has 0 bridgehead atoms. The second-order valence-corrected chi connectivity index (χ2v) is 6.27. The second-order valence-electron chi connectivity index (χ2n) is 6.27. The van der Waals surface area contributed by atoms with Crippen LogP contribution in [0.25, 0.3) is 11.8 Å². The first-order chi connectivity index (χ1) is 13.8. The van der Waals surface area contributed by atoms with E-state index in [1.165, 1.54) is 0 Å². The molecule has 142 valence electrons. The number of rotatable bonds is 6. The van der Waals surface area contributed by atoms with E-state index in [9.17, 15) is 0 Å². The molecule has 28 heavy (non-hydrogen) atoms. The minimum atomic E-state index is -0.233. The van der Waals surface area contributed by atoms with Gasteiger partial charge < -0.3 is 25.4 Å². The van der Waals surface area contributed by atoms with Crippen LogP contribution in [0, 0.1) is 0 Å². The van der Waals surface area contributed by atoms with Crippen molar-refractivity contribution in [2.24, 2.45) is 0 Å². The molecule has 1 aromatic heterocycles. The summed E-state index contributed by atoms with van der Waals surface area (Å²) in [6.45, 7) is 0.804. The van der Waals surface area contributed by atoms with Crippen molar-refractivity contribution >= 4 is 17.7 Å². The molecule has 1 atom stereocenters. The number of dihydropyridines is 1. The maximum Gasteiger partial charge on any atom is 0.189 e. The zero-order valence-electron chi connectivity index (χ0n) is 15.6. The number of nitrogens with zero attached hydrogens (tertiary/aromatic N) is 1. The molecule has 0 aliphatic carbocycles. The molecule has 0 radical (unpaired) electrons. The summed E-state index contributed by atoms with van der Waals surface area (Å²) in [4.78, 5) is 4.63. The molecule has 6 heteroatoms. The van der Waals surface area contributed by atoms with Gasteiger partial charge in [-0.3, -0.25) is 0 Å². The molecule has 0 amide bonds. The van der Waals surface area contributed by atoms with E-state index in [1.54, 1.807) is 7.11 Å². The molecule has 3 heterocycles. The standard InChI is InChI=1S/C22H22N4O2/c1-27-17-11-8-16(9-12-17)10-13-22-24-15-19(28-22)18-5-4-7-21(25-18)26-20-6-2-3-14-23-20/h2-13,15,22-24H,14H2,1H3,(H,25,26)/b13-10+. The number of aromatic nitrogens is 1. The molecule has 4 rings (SSSR count). The van der Waals surface area contributed by atoms with Gasteiger partial charge >= 0.3 is 0 Å². The molecule has 0 saturated carbocycles. The van der Waals surface area contributed by atoms with Crippen LogP contribution in [0.2, 0.25) is 0 Å². The number of hydrogen-bond donors (Lipinski definition) is 3. The van der Waals surface area contributed by atoms with Crippen molar-refractivity contribution in [3.05, 3.63) is 90.0 Å². The summed E-state index contributed by atoms with van der Waals surface area (Å²) in [5.74, 6) is 3.23. The molecule has 2 aliphatic heterocycles. The predicted octanol–water partition coefficient (Wildman–Crippen LogP) is 3.46. The number of nitrogens with one attached hydrogen (secondary N) is 3. The third-order valence-electron chi connectivity index (χ3n) is 4.29. The van der Waals surface area contributed by atoms with Gasteiger partial charge in [-0.15, -0.1) is 0 Å². The highest BCUT2D eigenvalue weighted by molar-refractivity contribution is 5.61. The normalized spacial score (nSPS) is 18.0. The van der Waals surface area contributed by atoms with E-state index in [2.05, 4.69) is 27.0 Å². The fourth-order valence-corrected chi connectivity index (χ4v) is 2.83. The van der Waals surface area contributed by atoms with E-state index < -0.39 is 0 Å². The highest BCUT2D eigenvalue weighted by atomic mass is 16.5. The molecule has 1 unspecified atom stereocenters. The van der Waals surface area contributed by atoms with E-state index in [0.29, 0.717) is 5.76 Å². The Balaban J connectivity index is 1.38. The fraction of sp³-hybridized carbons (Fsp3) is 0.136. The third kappa shape index (κ3) is 4.35. The van der Waals surface area contributed by atoms with Crippen LogP contribution in [-0.4, -0.2) is 24.9 Å². The first kappa shape index (κ1) is 17.7. The van der Waals surface area contributed by atoms with Crippen LogP contribution >= 0.6 is 0 Å². The van der Waals surface area contributed by atoms with Gasteiger partial charge in [-0.05, 0) is 42.0 Å². The van der Waals surface area contributed by atoms with Gasteiger partial charge in [0, 0.05) is 12.7 Å². The van der Waals surface area contributed by atoms with Crippen LogP contribution in [0.5, 0.6) is 5.75 Å². The lowest BCUT2D eigenvalue weighted by Crippen LogP contribution is -2.22. The number of methoxy groups -OCH3 is 1. The average molecular weight is 374 g/mol. The topological polar surface area (TPSA) is 67.4 Å². The Labute approximate surface area is 164 Å². The van der Waals surface area contributed by atoms with E-state index in [-0.39, 0.29) is 6.23 Å². The Bertz CT molecular complexity index is 945. The Morgan fingerprint density at radius 3 is 2.89 bits per heavy atom. The molecular weight excluding hydrogens is 352 g/mol. The lowest BCUT2D eigenvalue weighted by atomic mass is 10.2. The highest BCUT2D eigenvalue weighted by Crippen LogP contribution is 2.22. The minimum absolute atomic E-state index is 0.233. The number of ether oxygens (including phenoxy) is 2. The number of benzene rings is 1. The summed E-state index contributed by atoms with van der Waals surface area (Å²) >= 11 is 0. The van der Waals surface area contributed by atoms with Gasteiger partial charge in [0.1, 0.15) is 23.1 Å². The van der Waals surface area contributed by atoms with Gasteiger partial charge in [0.15, 0.2) is 12.0 Å². The fourth-order valence-electron chi connectivity index (χ4n) is 2.83. The Hall–Kier alpha value is -3.67. The third-order valence-corrected chi connectivity index (χ3v) is 4.29. The Kier molecular flexibility index (Phi) is 5.29. The number of pyridine rings is 1. The summed E-state index contributed by atoms with van der Waals surface area (Å²) in [6, 6.07) is 13.7. The molecular formula is C22H22N4O2. The van der Waals surface area contributed by atoms with Crippen LogP contribution < -0.4 is 20.7 Å². The monoisotopic (exact) mass is 374 g/mol. The molecule has 1 aromatic carbocycles. The maximum atomic E-state index is 5.97. The number of hydrogen-bond acceptors (Lipinski definition) is 6. The summed E-state index contributed by atoms with van der Waals surface area (Å²) < 4.78 is 11.1. The second kappa shape index (κ2) is 8.35. The van der Waals surface area contributed by atoms with Crippen LogP contribution in [0.15, 0.2) is 78.8 Å². The first-order valence-electron chi connectivity index (χ1n) is 9.10.